The van der Waals surface area contributed by atoms with Crippen molar-refractivity contribution < 1.29 is 19.6 Å². The van der Waals surface area contributed by atoms with Crippen LogP contribution in [0.2, 0.25) is 0 Å². The van der Waals surface area contributed by atoms with Crippen molar-refractivity contribution in [1.29, 1.82) is 0 Å². The SMILES string of the molecule is CCOC(=O)C1=C(C)N=c2s/c(=C\c3ccc(O)c([N+](=O)[O-])c3)c(=O)n2[C@@H]1c1cccs1. The summed E-state index contributed by atoms with van der Waals surface area (Å²) >= 11 is 2.53. The molecule has 0 bridgehead atoms. The minimum absolute atomic E-state index is 0.191. The van der Waals surface area contributed by atoms with E-state index >= 15 is 0 Å². The molecule has 1 aromatic carbocycles. The third kappa shape index (κ3) is 3.76. The zero-order chi connectivity index (χ0) is 23.0. The smallest absolute Gasteiger partial charge is 0.338 e. The quantitative estimate of drug-likeness (QED) is 0.346. The van der Waals surface area contributed by atoms with Gasteiger partial charge < -0.3 is 9.84 Å². The predicted molar refractivity (Wildman–Crippen MR) is 119 cm³/mol. The van der Waals surface area contributed by atoms with Gasteiger partial charge in [-0.05, 0) is 43.0 Å². The van der Waals surface area contributed by atoms with Crippen LogP contribution in [-0.2, 0) is 9.53 Å². The van der Waals surface area contributed by atoms with Crippen molar-refractivity contribution in [3.8, 4) is 5.75 Å². The van der Waals surface area contributed by atoms with E-state index in [9.17, 15) is 24.8 Å². The Hall–Kier alpha value is -3.57. The minimum Gasteiger partial charge on any atom is -0.502 e. The van der Waals surface area contributed by atoms with Crippen LogP contribution < -0.4 is 14.9 Å². The number of fused-ring (bicyclic) bond motifs is 1. The zero-order valence-electron chi connectivity index (χ0n) is 17.0. The van der Waals surface area contributed by atoms with Gasteiger partial charge in [0.1, 0.15) is 6.04 Å². The Kier molecular flexibility index (Phi) is 5.76. The number of aromatic nitrogens is 1. The van der Waals surface area contributed by atoms with Crippen LogP contribution in [-0.4, -0.2) is 27.2 Å². The van der Waals surface area contributed by atoms with E-state index in [0.29, 0.717) is 26.2 Å². The largest absolute Gasteiger partial charge is 0.502 e. The van der Waals surface area contributed by atoms with Gasteiger partial charge in [0.15, 0.2) is 10.6 Å². The first-order valence-electron chi connectivity index (χ1n) is 9.52. The monoisotopic (exact) mass is 471 g/mol. The van der Waals surface area contributed by atoms with Gasteiger partial charge >= 0.3 is 11.7 Å². The molecule has 0 amide bonds. The highest BCUT2D eigenvalue weighted by atomic mass is 32.1. The molecule has 0 saturated carbocycles. The van der Waals surface area contributed by atoms with E-state index in [2.05, 4.69) is 4.99 Å². The lowest BCUT2D eigenvalue weighted by Gasteiger charge is -2.23. The fourth-order valence-corrected chi connectivity index (χ4v) is 5.31. The molecule has 0 aliphatic carbocycles. The molecule has 9 nitrogen and oxygen atoms in total. The number of rotatable bonds is 5. The van der Waals surface area contributed by atoms with Crippen LogP contribution in [0.3, 0.4) is 0 Å². The molecule has 0 fully saturated rings. The number of phenols is 1. The number of ether oxygens (including phenoxy) is 1. The highest BCUT2D eigenvalue weighted by Gasteiger charge is 2.33. The Labute approximate surface area is 189 Å². The minimum atomic E-state index is -0.694. The maximum atomic E-state index is 13.4. The molecule has 2 aromatic heterocycles. The molecule has 1 atom stereocenters. The van der Waals surface area contributed by atoms with E-state index in [0.717, 1.165) is 16.2 Å². The number of carbonyl (C=O) groups is 1. The topological polar surface area (TPSA) is 124 Å². The second kappa shape index (κ2) is 8.52. The van der Waals surface area contributed by atoms with E-state index in [1.54, 1.807) is 13.8 Å². The third-order valence-electron chi connectivity index (χ3n) is 4.82. The van der Waals surface area contributed by atoms with Gasteiger partial charge in [-0.3, -0.25) is 19.5 Å². The van der Waals surface area contributed by atoms with Gasteiger partial charge in [-0.2, -0.15) is 0 Å². The van der Waals surface area contributed by atoms with Crippen LogP contribution >= 0.6 is 22.7 Å². The lowest BCUT2D eigenvalue weighted by atomic mass is 10.0. The summed E-state index contributed by atoms with van der Waals surface area (Å²) in [6.07, 6.45) is 1.51. The first kappa shape index (κ1) is 21.7. The number of carbonyl (C=O) groups excluding carboxylic acids is 1. The van der Waals surface area contributed by atoms with Crippen molar-refractivity contribution in [2.24, 2.45) is 4.99 Å². The molecule has 32 heavy (non-hydrogen) atoms. The molecule has 3 heterocycles. The van der Waals surface area contributed by atoms with Crippen LogP contribution in [0.25, 0.3) is 6.08 Å². The maximum Gasteiger partial charge on any atom is 0.338 e. The van der Waals surface area contributed by atoms with Crippen LogP contribution in [0.4, 0.5) is 5.69 Å². The Morgan fingerprint density at radius 3 is 2.84 bits per heavy atom. The van der Waals surface area contributed by atoms with E-state index in [-0.39, 0.29) is 12.2 Å². The Morgan fingerprint density at radius 1 is 1.41 bits per heavy atom. The molecule has 0 unspecified atom stereocenters. The lowest BCUT2D eigenvalue weighted by Crippen LogP contribution is -2.39. The van der Waals surface area contributed by atoms with Crippen LogP contribution in [0, 0.1) is 10.1 Å². The van der Waals surface area contributed by atoms with Gasteiger partial charge in [-0.1, -0.05) is 23.5 Å². The van der Waals surface area contributed by atoms with Gasteiger partial charge in [-0.15, -0.1) is 11.3 Å². The van der Waals surface area contributed by atoms with Crippen molar-refractivity contribution in [2.75, 3.05) is 6.61 Å². The highest BCUT2D eigenvalue weighted by molar-refractivity contribution is 7.10. The summed E-state index contributed by atoms with van der Waals surface area (Å²) in [7, 11) is 0. The summed E-state index contributed by atoms with van der Waals surface area (Å²) in [6.45, 7) is 3.60. The number of thiophene rings is 1. The number of allylic oxidation sites excluding steroid dienone is 1. The highest BCUT2D eigenvalue weighted by Crippen LogP contribution is 2.33. The zero-order valence-corrected chi connectivity index (χ0v) is 18.6. The van der Waals surface area contributed by atoms with Crippen molar-refractivity contribution in [3.05, 3.63) is 87.2 Å². The average molecular weight is 472 g/mol. The van der Waals surface area contributed by atoms with Gasteiger partial charge in [0.2, 0.25) is 0 Å². The standard InChI is InChI=1S/C21H17N3O6S2/c1-3-30-20(27)17-11(2)22-21-23(18(17)15-5-4-8-31-15)19(26)16(32-21)10-12-6-7-14(25)13(9-12)24(28)29/h4-10,18,25H,3H2,1-2H3/b16-10-/t18-/m1/s1. The molecule has 0 saturated heterocycles. The predicted octanol–water partition coefficient (Wildman–Crippen LogP) is 2.47. The fraction of sp³-hybridized carbons (Fsp3) is 0.190. The third-order valence-corrected chi connectivity index (χ3v) is 6.73. The summed E-state index contributed by atoms with van der Waals surface area (Å²) in [5.74, 6) is -0.989. The average Bonchev–Trinajstić information content (AvgIpc) is 3.37. The number of nitrogens with zero attached hydrogens (tertiary/aromatic N) is 3. The van der Waals surface area contributed by atoms with E-state index in [1.807, 2.05) is 17.5 Å². The number of nitro groups is 1. The van der Waals surface area contributed by atoms with Crippen LogP contribution in [0.5, 0.6) is 5.75 Å². The number of hydrogen-bond acceptors (Lipinski definition) is 9. The molecule has 4 rings (SSSR count). The molecule has 0 spiro atoms. The molecule has 0 radical (unpaired) electrons. The summed E-state index contributed by atoms with van der Waals surface area (Å²) in [6, 6.07) is 6.88. The number of hydrogen-bond donors (Lipinski definition) is 1. The Morgan fingerprint density at radius 2 is 2.19 bits per heavy atom. The molecule has 3 aromatic rings. The molecule has 11 heteroatoms. The molecule has 1 aliphatic rings. The molecule has 164 valence electrons. The molecule has 1 aliphatic heterocycles. The van der Waals surface area contributed by atoms with E-state index in [4.69, 9.17) is 4.74 Å². The van der Waals surface area contributed by atoms with Gasteiger partial charge in [-0.25, -0.2) is 9.79 Å². The first-order chi connectivity index (χ1) is 15.3. The van der Waals surface area contributed by atoms with Gasteiger partial charge in [0, 0.05) is 10.9 Å². The summed E-state index contributed by atoms with van der Waals surface area (Å²) < 4.78 is 6.97. The number of phenolic OH excluding ortho intramolecular Hbond substituents is 1. The molecule has 1 N–H and O–H groups in total. The van der Waals surface area contributed by atoms with Crippen LogP contribution in [0.1, 0.15) is 30.3 Å². The number of thiazole rings is 1. The van der Waals surface area contributed by atoms with Crippen molar-refractivity contribution in [1.82, 2.24) is 4.57 Å². The normalized spacial score (nSPS) is 15.9. The van der Waals surface area contributed by atoms with Crippen LogP contribution in [0.15, 0.2) is 56.8 Å². The number of aromatic hydroxyl groups is 1. The van der Waals surface area contributed by atoms with Gasteiger partial charge in [0.05, 0.1) is 27.3 Å². The van der Waals surface area contributed by atoms with Gasteiger partial charge in [0.25, 0.3) is 5.56 Å². The van der Waals surface area contributed by atoms with Crippen molar-refractivity contribution in [3.63, 3.8) is 0 Å². The maximum absolute atomic E-state index is 13.4. The van der Waals surface area contributed by atoms with E-state index < -0.39 is 28.4 Å². The van der Waals surface area contributed by atoms with Crippen molar-refractivity contribution >= 4 is 40.4 Å². The molecular weight excluding hydrogens is 454 g/mol. The summed E-state index contributed by atoms with van der Waals surface area (Å²) in [5.41, 5.74) is 0.317. The van der Waals surface area contributed by atoms with E-state index in [1.165, 1.54) is 40.2 Å². The molecular formula is C21H17N3O6S2. The lowest BCUT2D eigenvalue weighted by molar-refractivity contribution is -0.385. The Balaban J connectivity index is 1.92. The second-order valence-corrected chi connectivity index (χ2v) is 8.81. The summed E-state index contributed by atoms with van der Waals surface area (Å²) in [5, 5.41) is 22.7. The number of benzene rings is 1. The second-order valence-electron chi connectivity index (χ2n) is 6.82. The fourth-order valence-electron chi connectivity index (χ4n) is 3.44. The summed E-state index contributed by atoms with van der Waals surface area (Å²) in [4.78, 5) is 42.2. The number of nitro benzene ring substituents is 1. The Bertz CT molecular complexity index is 1430. The number of esters is 1. The first-order valence-corrected chi connectivity index (χ1v) is 11.2. The van der Waals surface area contributed by atoms with Crippen molar-refractivity contribution in [2.45, 2.75) is 19.9 Å².